The van der Waals surface area contributed by atoms with Crippen molar-refractivity contribution in [3.05, 3.63) is 24.3 Å². The zero-order valence-electron chi connectivity index (χ0n) is 10.7. The highest BCUT2D eigenvalue weighted by atomic mass is 15.1. The lowest BCUT2D eigenvalue weighted by atomic mass is 9.93. The Hall–Kier alpha value is -1.55. The number of anilines is 1. The molecule has 0 spiro atoms. The Balaban J connectivity index is 1.71. The van der Waals surface area contributed by atoms with Gasteiger partial charge in [-0.2, -0.15) is 0 Å². The van der Waals surface area contributed by atoms with E-state index in [0.717, 1.165) is 30.1 Å². The van der Waals surface area contributed by atoms with Gasteiger partial charge in [-0.25, -0.2) is 4.98 Å². The van der Waals surface area contributed by atoms with Crippen LogP contribution in [0.1, 0.15) is 19.8 Å². The third-order valence-corrected chi connectivity index (χ3v) is 3.80. The molecule has 2 heterocycles. The van der Waals surface area contributed by atoms with Crippen molar-refractivity contribution in [2.45, 2.75) is 25.8 Å². The molecular weight excluding hydrogens is 224 g/mol. The Kier molecular flexibility index (Phi) is 3.19. The van der Waals surface area contributed by atoms with E-state index in [0.29, 0.717) is 12.0 Å². The molecule has 1 saturated heterocycles. The molecule has 2 aromatic rings. The molecule has 3 N–H and O–H groups in total. The first kappa shape index (κ1) is 11.5. The van der Waals surface area contributed by atoms with Crippen LogP contribution in [0.3, 0.4) is 0 Å². The van der Waals surface area contributed by atoms with Gasteiger partial charge in [-0.05, 0) is 50.9 Å². The molecule has 96 valence electrons. The smallest absolute Gasteiger partial charge is 0.201 e. The average Bonchev–Trinajstić information content (AvgIpc) is 2.82. The second-order valence-electron chi connectivity index (χ2n) is 5.14. The van der Waals surface area contributed by atoms with Crippen LogP contribution in [0.15, 0.2) is 24.3 Å². The SMILES string of the molecule is CC(Nc1nc2ccccc2[nH]1)C1CCCNC1. The van der Waals surface area contributed by atoms with Gasteiger partial charge >= 0.3 is 0 Å². The van der Waals surface area contributed by atoms with Gasteiger partial charge in [0.15, 0.2) is 0 Å². The molecule has 1 aromatic carbocycles. The summed E-state index contributed by atoms with van der Waals surface area (Å²) in [5, 5.41) is 6.95. The van der Waals surface area contributed by atoms with Crippen molar-refractivity contribution in [3.63, 3.8) is 0 Å². The molecule has 4 nitrogen and oxygen atoms in total. The predicted molar refractivity (Wildman–Crippen MR) is 74.8 cm³/mol. The van der Waals surface area contributed by atoms with Crippen LogP contribution in [0.25, 0.3) is 11.0 Å². The lowest BCUT2D eigenvalue weighted by Crippen LogP contribution is -2.38. The molecule has 1 aliphatic heterocycles. The van der Waals surface area contributed by atoms with Crippen molar-refractivity contribution in [2.75, 3.05) is 18.4 Å². The lowest BCUT2D eigenvalue weighted by molar-refractivity contribution is 0.346. The lowest BCUT2D eigenvalue weighted by Gasteiger charge is -2.28. The maximum absolute atomic E-state index is 4.56. The molecule has 0 saturated carbocycles. The Morgan fingerprint density at radius 2 is 2.28 bits per heavy atom. The number of hydrogen-bond donors (Lipinski definition) is 3. The van der Waals surface area contributed by atoms with E-state index < -0.39 is 0 Å². The third-order valence-electron chi connectivity index (χ3n) is 3.80. The average molecular weight is 244 g/mol. The second kappa shape index (κ2) is 4.98. The predicted octanol–water partition coefficient (Wildman–Crippen LogP) is 2.36. The first-order valence-corrected chi connectivity index (χ1v) is 6.75. The number of nitrogens with zero attached hydrogens (tertiary/aromatic N) is 1. The van der Waals surface area contributed by atoms with E-state index in [-0.39, 0.29) is 0 Å². The number of piperidine rings is 1. The van der Waals surface area contributed by atoms with Gasteiger partial charge in [0.25, 0.3) is 0 Å². The highest BCUT2D eigenvalue weighted by Crippen LogP contribution is 2.19. The summed E-state index contributed by atoms with van der Waals surface area (Å²) in [6, 6.07) is 8.57. The van der Waals surface area contributed by atoms with E-state index in [9.17, 15) is 0 Å². The number of hydrogen-bond acceptors (Lipinski definition) is 3. The minimum absolute atomic E-state index is 0.443. The van der Waals surface area contributed by atoms with Crippen LogP contribution in [0.5, 0.6) is 0 Å². The van der Waals surface area contributed by atoms with Gasteiger partial charge in [0.2, 0.25) is 5.95 Å². The highest BCUT2D eigenvalue weighted by Gasteiger charge is 2.20. The number of imidazole rings is 1. The molecule has 4 heteroatoms. The van der Waals surface area contributed by atoms with Crippen LogP contribution in [-0.2, 0) is 0 Å². The summed E-state index contributed by atoms with van der Waals surface area (Å²) in [5.74, 6) is 1.57. The summed E-state index contributed by atoms with van der Waals surface area (Å²) < 4.78 is 0. The largest absolute Gasteiger partial charge is 0.353 e. The molecule has 18 heavy (non-hydrogen) atoms. The number of benzene rings is 1. The quantitative estimate of drug-likeness (QED) is 0.777. The zero-order valence-corrected chi connectivity index (χ0v) is 10.7. The van der Waals surface area contributed by atoms with Gasteiger partial charge < -0.3 is 15.6 Å². The van der Waals surface area contributed by atoms with Gasteiger partial charge in [0, 0.05) is 6.04 Å². The maximum atomic E-state index is 4.56. The van der Waals surface area contributed by atoms with E-state index in [1.165, 1.54) is 12.8 Å². The normalized spacial score (nSPS) is 21.9. The summed E-state index contributed by atoms with van der Waals surface area (Å²) in [6.07, 6.45) is 2.57. The van der Waals surface area contributed by atoms with Crippen molar-refractivity contribution in [1.29, 1.82) is 0 Å². The fourth-order valence-corrected chi connectivity index (χ4v) is 2.66. The van der Waals surface area contributed by atoms with E-state index in [2.05, 4.69) is 33.6 Å². The molecule has 1 aromatic heterocycles. The monoisotopic (exact) mass is 244 g/mol. The molecular formula is C14H20N4. The number of nitrogens with one attached hydrogen (secondary N) is 3. The molecule has 1 aliphatic rings. The van der Waals surface area contributed by atoms with Crippen molar-refractivity contribution in [3.8, 4) is 0 Å². The summed E-state index contributed by atoms with van der Waals surface area (Å²) in [7, 11) is 0. The standard InChI is InChI=1S/C14H20N4/c1-10(11-5-4-8-15-9-11)16-14-17-12-6-2-3-7-13(12)18-14/h2-3,6-7,10-11,15H,4-5,8-9H2,1H3,(H2,16,17,18). The Morgan fingerprint density at radius 3 is 3.06 bits per heavy atom. The van der Waals surface area contributed by atoms with Crippen molar-refractivity contribution >= 4 is 17.0 Å². The number of rotatable bonds is 3. The van der Waals surface area contributed by atoms with Gasteiger partial charge in [-0.1, -0.05) is 12.1 Å². The molecule has 1 fully saturated rings. The summed E-state index contributed by atoms with van der Waals surface area (Å²) in [4.78, 5) is 7.88. The van der Waals surface area contributed by atoms with E-state index >= 15 is 0 Å². The minimum Gasteiger partial charge on any atom is -0.353 e. The number of H-pyrrole nitrogens is 1. The number of fused-ring (bicyclic) bond motifs is 1. The second-order valence-corrected chi connectivity index (χ2v) is 5.14. The Labute approximate surface area is 107 Å². The first-order chi connectivity index (χ1) is 8.83. The van der Waals surface area contributed by atoms with Crippen molar-refractivity contribution < 1.29 is 0 Å². The third kappa shape index (κ3) is 2.34. The van der Waals surface area contributed by atoms with Crippen LogP contribution in [0.2, 0.25) is 0 Å². The molecule has 2 atom stereocenters. The number of aromatic nitrogens is 2. The Bertz CT molecular complexity index is 480. The van der Waals surface area contributed by atoms with Crippen molar-refractivity contribution in [2.24, 2.45) is 5.92 Å². The molecule has 0 aliphatic carbocycles. The molecule has 0 amide bonds. The topological polar surface area (TPSA) is 52.7 Å². The summed E-state index contributed by atoms with van der Waals surface area (Å²) >= 11 is 0. The van der Waals surface area contributed by atoms with Gasteiger partial charge in [-0.15, -0.1) is 0 Å². The van der Waals surface area contributed by atoms with Crippen LogP contribution in [0.4, 0.5) is 5.95 Å². The molecule has 3 rings (SSSR count). The first-order valence-electron chi connectivity index (χ1n) is 6.75. The van der Waals surface area contributed by atoms with Crippen LogP contribution in [0, 0.1) is 5.92 Å². The van der Waals surface area contributed by atoms with Gasteiger partial charge in [0.05, 0.1) is 11.0 Å². The van der Waals surface area contributed by atoms with Crippen molar-refractivity contribution in [1.82, 2.24) is 15.3 Å². The van der Waals surface area contributed by atoms with E-state index in [1.54, 1.807) is 0 Å². The Morgan fingerprint density at radius 1 is 1.39 bits per heavy atom. The van der Waals surface area contributed by atoms with Crippen LogP contribution < -0.4 is 10.6 Å². The molecule has 2 unspecified atom stereocenters. The molecule has 0 radical (unpaired) electrons. The number of aromatic amines is 1. The minimum atomic E-state index is 0.443. The fourth-order valence-electron chi connectivity index (χ4n) is 2.66. The van der Waals surface area contributed by atoms with E-state index in [1.807, 2.05) is 18.2 Å². The summed E-state index contributed by atoms with van der Waals surface area (Å²) in [5.41, 5.74) is 2.11. The zero-order chi connectivity index (χ0) is 12.4. The fraction of sp³-hybridized carbons (Fsp3) is 0.500. The van der Waals surface area contributed by atoms with E-state index in [4.69, 9.17) is 0 Å². The maximum Gasteiger partial charge on any atom is 0.201 e. The highest BCUT2D eigenvalue weighted by molar-refractivity contribution is 5.77. The van der Waals surface area contributed by atoms with Gasteiger partial charge in [-0.3, -0.25) is 0 Å². The van der Waals surface area contributed by atoms with Crippen LogP contribution in [-0.4, -0.2) is 29.1 Å². The summed E-state index contributed by atoms with van der Waals surface area (Å²) in [6.45, 7) is 4.51. The van der Waals surface area contributed by atoms with Gasteiger partial charge in [0.1, 0.15) is 0 Å². The molecule has 0 bridgehead atoms. The van der Waals surface area contributed by atoms with Crippen LogP contribution >= 0.6 is 0 Å². The number of para-hydroxylation sites is 2.